The number of fused-ring (bicyclic) bond motifs is 3. The number of rotatable bonds is 6. The Balaban J connectivity index is 1.55. The summed E-state index contributed by atoms with van der Waals surface area (Å²) >= 11 is 3.39. The summed E-state index contributed by atoms with van der Waals surface area (Å²) in [5.41, 5.74) is 2.59. The molecule has 1 aliphatic rings. The van der Waals surface area contributed by atoms with E-state index in [1.807, 2.05) is 41.4 Å². The maximum Gasteiger partial charge on any atom is 0.233 e. The molecule has 152 valence electrons. The molecule has 4 nitrogen and oxygen atoms in total. The van der Waals surface area contributed by atoms with E-state index in [4.69, 9.17) is 4.98 Å². The van der Waals surface area contributed by atoms with E-state index in [0.717, 1.165) is 34.1 Å². The van der Waals surface area contributed by atoms with Crippen molar-refractivity contribution in [2.45, 2.75) is 64.1 Å². The zero-order chi connectivity index (χ0) is 20.4. The molecule has 0 unspecified atom stereocenters. The van der Waals surface area contributed by atoms with Gasteiger partial charge in [-0.05, 0) is 57.6 Å². The molecule has 2 aromatic heterocycles. The molecule has 1 aromatic carbocycles. The number of thioether (sulfide) groups is 1. The second kappa shape index (κ2) is 8.84. The lowest BCUT2D eigenvalue weighted by atomic mass is 9.97. The smallest absolute Gasteiger partial charge is 0.233 e. The predicted molar refractivity (Wildman–Crippen MR) is 122 cm³/mol. The number of nitrogens with zero attached hydrogens (tertiary/aromatic N) is 3. The van der Waals surface area contributed by atoms with Gasteiger partial charge in [-0.15, -0.1) is 11.3 Å². The largest absolute Gasteiger partial charge is 0.335 e. The summed E-state index contributed by atoms with van der Waals surface area (Å²) in [5.74, 6) is 1.35. The van der Waals surface area contributed by atoms with Crippen LogP contribution in [0.15, 0.2) is 35.4 Å². The molecule has 29 heavy (non-hydrogen) atoms. The van der Waals surface area contributed by atoms with Gasteiger partial charge in [0.05, 0.1) is 5.75 Å². The van der Waals surface area contributed by atoms with Crippen molar-refractivity contribution in [2.75, 3.05) is 5.75 Å². The van der Waals surface area contributed by atoms with Crippen LogP contribution in [0.1, 0.15) is 48.5 Å². The lowest BCUT2D eigenvalue weighted by molar-refractivity contribution is -0.130. The van der Waals surface area contributed by atoms with Crippen LogP contribution in [-0.2, 0) is 24.2 Å². The summed E-state index contributed by atoms with van der Waals surface area (Å²) in [4.78, 5) is 27.0. The molecule has 6 heteroatoms. The van der Waals surface area contributed by atoms with Gasteiger partial charge in [-0.3, -0.25) is 4.79 Å². The Kier molecular flexibility index (Phi) is 6.20. The summed E-state index contributed by atoms with van der Waals surface area (Å²) in [7, 11) is 0. The van der Waals surface area contributed by atoms with Gasteiger partial charge in [-0.1, -0.05) is 42.1 Å². The van der Waals surface area contributed by atoms with Crippen molar-refractivity contribution in [3.05, 3.63) is 52.2 Å². The highest BCUT2D eigenvalue weighted by atomic mass is 32.2. The van der Waals surface area contributed by atoms with Crippen molar-refractivity contribution in [3.63, 3.8) is 0 Å². The van der Waals surface area contributed by atoms with Gasteiger partial charge in [0.1, 0.15) is 15.7 Å². The Hall–Kier alpha value is -1.92. The number of amides is 1. The van der Waals surface area contributed by atoms with E-state index < -0.39 is 0 Å². The van der Waals surface area contributed by atoms with Crippen molar-refractivity contribution in [3.8, 4) is 0 Å². The van der Waals surface area contributed by atoms with Crippen molar-refractivity contribution in [1.82, 2.24) is 14.9 Å². The summed E-state index contributed by atoms with van der Waals surface area (Å²) in [6.45, 7) is 6.74. The number of thiophene rings is 1. The van der Waals surface area contributed by atoms with Crippen LogP contribution in [0.3, 0.4) is 0 Å². The Morgan fingerprint density at radius 3 is 2.69 bits per heavy atom. The van der Waals surface area contributed by atoms with Crippen LogP contribution in [0.2, 0.25) is 0 Å². The average molecular weight is 426 g/mol. The van der Waals surface area contributed by atoms with E-state index in [9.17, 15) is 4.79 Å². The Morgan fingerprint density at radius 1 is 1.17 bits per heavy atom. The molecule has 2 heterocycles. The number of aromatic nitrogens is 2. The summed E-state index contributed by atoms with van der Waals surface area (Å²) in [6, 6.07) is 10.4. The minimum absolute atomic E-state index is 0.155. The van der Waals surface area contributed by atoms with Crippen LogP contribution in [-0.4, -0.2) is 32.6 Å². The number of carbonyl (C=O) groups is 1. The van der Waals surface area contributed by atoms with E-state index in [1.165, 1.54) is 28.7 Å². The number of benzene rings is 1. The molecule has 0 bridgehead atoms. The van der Waals surface area contributed by atoms with E-state index in [1.54, 1.807) is 11.8 Å². The molecule has 0 aliphatic heterocycles. The second-order valence-corrected chi connectivity index (χ2v) is 9.90. The number of aryl methyl sites for hydroxylation is 3. The zero-order valence-electron chi connectivity index (χ0n) is 17.3. The van der Waals surface area contributed by atoms with E-state index >= 15 is 0 Å². The highest BCUT2D eigenvalue weighted by Gasteiger charge is 2.23. The highest BCUT2D eigenvalue weighted by molar-refractivity contribution is 8.00. The quantitative estimate of drug-likeness (QED) is 0.391. The first-order chi connectivity index (χ1) is 14.0. The molecular weight excluding hydrogens is 398 g/mol. The zero-order valence-corrected chi connectivity index (χ0v) is 18.9. The fraction of sp³-hybridized carbons (Fsp3) is 0.435. The van der Waals surface area contributed by atoms with Gasteiger partial charge in [-0.25, -0.2) is 9.97 Å². The highest BCUT2D eigenvalue weighted by Crippen LogP contribution is 2.39. The summed E-state index contributed by atoms with van der Waals surface area (Å²) in [6.07, 6.45) is 4.75. The van der Waals surface area contributed by atoms with Crippen LogP contribution >= 0.6 is 23.1 Å². The van der Waals surface area contributed by atoms with Crippen molar-refractivity contribution >= 4 is 39.2 Å². The molecule has 0 saturated carbocycles. The molecule has 4 rings (SSSR count). The Morgan fingerprint density at radius 2 is 1.93 bits per heavy atom. The number of hydrogen-bond acceptors (Lipinski definition) is 5. The SMILES string of the molecule is Cc1nc(SCC(=O)N(Cc2ccccc2)C(C)C)c2c3c(sc2n1)CCCC3. The minimum Gasteiger partial charge on any atom is -0.335 e. The molecule has 0 N–H and O–H groups in total. The van der Waals surface area contributed by atoms with Gasteiger partial charge in [0.15, 0.2) is 0 Å². The normalized spacial score (nSPS) is 13.7. The second-order valence-electron chi connectivity index (χ2n) is 7.86. The first kappa shape index (κ1) is 20.4. The third-order valence-corrected chi connectivity index (χ3v) is 7.51. The third kappa shape index (κ3) is 4.48. The van der Waals surface area contributed by atoms with Crippen LogP contribution in [0, 0.1) is 6.92 Å². The van der Waals surface area contributed by atoms with Gasteiger partial charge in [0.2, 0.25) is 5.91 Å². The molecule has 1 aliphatic carbocycles. The maximum absolute atomic E-state index is 13.1. The fourth-order valence-corrected chi connectivity index (χ4v) is 6.24. The molecule has 0 spiro atoms. The number of hydrogen-bond donors (Lipinski definition) is 0. The summed E-state index contributed by atoms with van der Waals surface area (Å²) in [5, 5.41) is 2.18. The standard InChI is InChI=1S/C23H27N3OS2/c1-15(2)26(13-17-9-5-4-6-10-17)20(27)14-28-22-21-18-11-7-8-12-19(18)29-23(21)25-16(3)24-22/h4-6,9-10,15H,7-8,11-14H2,1-3H3. The van der Waals surface area contributed by atoms with E-state index in [0.29, 0.717) is 12.3 Å². The first-order valence-corrected chi connectivity index (χ1v) is 12.1. The molecule has 3 aromatic rings. The van der Waals surface area contributed by atoms with Crippen molar-refractivity contribution < 1.29 is 4.79 Å². The van der Waals surface area contributed by atoms with Crippen LogP contribution in [0.4, 0.5) is 0 Å². The summed E-state index contributed by atoms with van der Waals surface area (Å²) < 4.78 is 0. The monoisotopic (exact) mass is 425 g/mol. The van der Waals surface area contributed by atoms with Gasteiger partial charge in [0.25, 0.3) is 0 Å². The number of carbonyl (C=O) groups excluding carboxylic acids is 1. The Labute approximate surface area is 180 Å². The Bertz CT molecular complexity index is 1010. The topological polar surface area (TPSA) is 46.1 Å². The lowest BCUT2D eigenvalue weighted by Crippen LogP contribution is -2.37. The molecule has 1 amide bonds. The van der Waals surface area contributed by atoms with Crippen LogP contribution in [0.5, 0.6) is 0 Å². The minimum atomic E-state index is 0.155. The van der Waals surface area contributed by atoms with Gasteiger partial charge in [-0.2, -0.15) is 0 Å². The first-order valence-electron chi connectivity index (χ1n) is 10.3. The van der Waals surface area contributed by atoms with E-state index in [-0.39, 0.29) is 11.9 Å². The fourth-order valence-electron chi connectivity index (χ4n) is 3.88. The van der Waals surface area contributed by atoms with Crippen molar-refractivity contribution in [1.29, 1.82) is 0 Å². The van der Waals surface area contributed by atoms with Gasteiger partial charge in [0, 0.05) is 22.8 Å². The molecule has 0 atom stereocenters. The molecule has 0 fully saturated rings. The molecule has 0 radical (unpaired) electrons. The van der Waals surface area contributed by atoms with Crippen LogP contribution < -0.4 is 0 Å². The lowest BCUT2D eigenvalue weighted by Gasteiger charge is -2.27. The molecule has 0 saturated heterocycles. The third-order valence-electron chi connectivity index (χ3n) is 5.37. The van der Waals surface area contributed by atoms with Crippen molar-refractivity contribution in [2.24, 2.45) is 0 Å². The average Bonchev–Trinajstić information content (AvgIpc) is 3.08. The van der Waals surface area contributed by atoms with E-state index in [2.05, 4.69) is 31.0 Å². The van der Waals surface area contributed by atoms with Gasteiger partial charge < -0.3 is 4.90 Å². The maximum atomic E-state index is 13.1. The van der Waals surface area contributed by atoms with Crippen LogP contribution in [0.25, 0.3) is 10.2 Å². The predicted octanol–water partition coefficient (Wildman–Crippen LogP) is 5.41. The molecular formula is C23H27N3OS2. The van der Waals surface area contributed by atoms with Gasteiger partial charge >= 0.3 is 0 Å².